The molecule has 1 aromatic heterocycles. The van der Waals surface area contributed by atoms with Gasteiger partial charge in [0.1, 0.15) is 11.5 Å². The molecule has 2 rings (SSSR count). The predicted octanol–water partition coefficient (Wildman–Crippen LogP) is 2.00. The van der Waals surface area contributed by atoms with Crippen LogP contribution in [-0.2, 0) is 7.05 Å². The van der Waals surface area contributed by atoms with Crippen molar-refractivity contribution in [3.63, 3.8) is 0 Å². The summed E-state index contributed by atoms with van der Waals surface area (Å²) in [6.07, 6.45) is 3.58. The van der Waals surface area contributed by atoms with Gasteiger partial charge in [-0.2, -0.15) is 5.10 Å². The highest BCUT2D eigenvalue weighted by Crippen LogP contribution is 2.26. The highest BCUT2D eigenvalue weighted by atomic mass is 16.3. The van der Waals surface area contributed by atoms with Crippen molar-refractivity contribution in [1.82, 2.24) is 9.78 Å². The van der Waals surface area contributed by atoms with Crippen molar-refractivity contribution in [3.05, 3.63) is 36.2 Å². The molecule has 0 spiro atoms. The van der Waals surface area contributed by atoms with Crippen LogP contribution in [-0.4, -0.2) is 20.0 Å². The number of hydrogen-bond donors (Lipinski definition) is 3. The van der Waals surface area contributed by atoms with E-state index in [1.807, 2.05) is 20.2 Å². The molecule has 17 heavy (non-hydrogen) atoms. The Bertz CT molecular complexity index is 502. The number of aromatic hydroxyl groups is 2. The summed E-state index contributed by atoms with van der Waals surface area (Å²) in [5.74, 6) is 0.111. The second-order valence-corrected chi connectivity index (χ2v) is 4.05. The van der Waals surface area contributed by atoms with Gasteiger partial charge in [-0.15, -0.1) is 0 Å². The van der Waals surface area contributed by atoms with Crippen LogP contribution >= 0.6 is 0 Å². The molecule has 0 aliphatic rings. The second kappa shape index (κ2) is 4.37. The van der Waals surface area contributed by atoms with E-state index in [9.17, 15) is 10.2 Å². The van der Waals surface area contributed by atoms with Gasteiger partial charge in [0.25, 0.3) is 0 Å². The van der Waals surface area contributed by atoms with Gasteiger partial charge in [-0.05, 0) is 24.6 Å². The highest BCUT2D eigenvalue weighted by Gasteiger charge is 2.08. The monoisotopic (exact) mass is 233 g/mol. The lowest BCUT2D eigenvalue weighted by molar-refractivity contribution is 0.448. The topological polar surface area (TPSA) is 70.3 Å². The lowest BCUT2D eigenvalue weighted by Gasteiger charge is -2.14. The Morgan fingerprint density at radius 1 is 1.24 bits per heavy atom. The van der Waals surface area contributed by atoms with E-state index in [4.69, 9.17) is 0 Å². The molecule has 5 heteroatoms. The molecule has 0 radical (unpaired) electrons. The maximum atomic E-state index is 9.41. The molecular formula is C12H15N3O2. The minimum atomic E-state index is -0.0304. The lowest BCUT2D eigenvalue weighted by Crippen LogP contribution is -2.05. The first-order valence-electron chi connectivity index (χ1n) is 5.32. The Balaban J connectivity index is 2.16. The fourth-order valence-electron chi connectivity index (χ4n) is 1.70. The lowest BCUT2D eigenvalue weighted by atomic mass is 10.1. The van der Waals surface area contributed by atoms with Gasteiger partial charge in [-0.1, -0.05) is 0 Å². The summed E-state index contributed by atoms with van der Waals surface area (Å²) < 4.78 is 1.70. The standard InChI is InChI=1S/C12H15N3O2/c1-8(14-10-6-13-15(2)7-10)9-3-11(16)5-12(17)4-9/h3-8,14,16-17H,1-2H3. The first kappa shape index (κ1) is 11.3. The summed E-state index contributed by atoms with van der Waals surface area (Å²) in [7, 11) is 1.84. The summed E-state index contributed by atoms with van der Waals surface area (Å²) in [5, 5.41) is 26.1. The van der Waals surface area contributed by atoms with Gasteiger partial charge in [0.2, 0.25) is 0 Å². The summed E-state index contributed by atoms with van der Waals surface area (Å²) in [6, 6.07) is 4.51. The van der Waals surface area contributed by atoms with Crippen LogP contribution < -0.4 is 5.32 Å². The molecule has 0 saturated heterocycles. The maximum Gasteiger partial charge on any atom is 0.119 e. The summed E-state index contributed by atoms with van der Waals surface area (Å²) >= 11 is 0. The second-order valence-electron chi connectivity index (χ2n) is 4.05. The molecule has 0 aliphatic carbocycles. The largest absolute Gasteiger partial charge is 0.508 e. The number of phenolic OH excluding ortho intramolecular Hbond substituents is 2. The molecule has 0 saturated carbocycles. The van der Waals surface area contributed by atoms with Gasteiger partial charge in [-0.25, -0.2) is 0 Å². The van der Waals surface area contributed by atoms with Gasteiger partial charge in [0.15, 0.2) is 0 Å². The smallest absolute Gasteiger partial charge is 0.119 e. The van der Waals surface area contributed by atoms with E-state index >= 15 is 0 Å². The highest BCUT2D eigenvalue weighted by molar-refractivity contribution is 5.44. The first-order chi connectivity index (χ1) is 8.04. The molecular weight excluding hydrogens is 218 g/mol. The Morgan fingerprint density at radius 3 is 2.41 bits per heavy atom. The fourth-order valence-corrected chi connectivity index (χ4v) is 1.70. The van der Waals surface area contributed by atoms with Gasteiger partial charge in [-0.3, -0.25) is 4.68 Å². The van der Waals surface area contributed by atoms with Crippen LogP contribution in [0.25, 0.3) is 0 Å². The van der Waals surface area contributed by atoms with Crippen LogP contribution in [0.15, 0.2) is 30.6 Å². The van der Waals surface area contributed by atoms with Crippen LogP contribution in [0.5, 0.6) is 11.5 Å². The zero-order valence-electron chi connectivity index (χ0n) is 9.75. The molecule has 0 bridgehead atoms. The minimum Gasteiger partial charge on any atom is -0.508 e. The Labute approximate surface area is 99.3 Å². The number of aromatic nitrogens is 2. The number of hydrogen-bond acceptors (Lipinski definition) is 4. The van der Waals surface area contributed by atoms with Gasteiger partial charge in [0.05, 0.1) is 11.9 Å². The molecule has 0 amide bonds. The van der Waals surface area contributed by atoms with Crippen molar-refractivity contribution in [2.75, 3.05) is 5.32 Å². The Morgan fingerprint density at radius 2 is 1.88 bits per heavy atom. The van der Waals surface area contributed by atoms with Crippen molar-refractivity contribution in [2.24, 2.45) is 7.05 Å². The van der Waals surface area contributed by atoms with E-state index in [-0.39, 0.29) is 17.5 Å². The zero-order chi connectivity index (χ0) is 12.4. The number of nitrogens with zero attached hydrogens (tertiary/aromatic N) is 2. The number of anilines is 1. The third kappa shape index (κ3) is 2.69. The average molecular weight is 233 g/mol. The molecule has 0 aliphatic heterocycles. The van der Waals surface area contributed by atoms with Crippen molar-refractivity contribution in [1.29, 1.82) is 0 Å². The van der Waals surface area contributed by atoms with Crippen molar-refractivity contribution < 1.29 is 10.2 Å². The third-order valence-electron chi connectivity index (χ3n) is 2.51. The van der Waals surface area contributed by atoms with Crippen LogP contribution in [0.4, 0.5) is 5.69 Å². The molecule has 1 heterocycles. The number of benzene rings is 1. The number of aryl methyl sites for hydroxylation is 1. The Kier molecular flexibility index (Phi) is 2.91. The normalized spacial score (nSPS) is 12.4. The molecule has 0 fully saturated rings. The zero-order valence-corrected chi connectivity index (χ0v) is 9.75. The van der Waals surface area contributed by atoms with Crippen molar-refractivity contribution >= 4 is 5.69 Å². The maximum absolute atomic E-state index is 9.41. The molecule has 1 atom stereocenters. The third-order valence-corrected chi connectivity index (χ3v) is 2.51. The molecule has 3 N–H and O–H groups in total. The van der Waals surface area contributed by atoms with E-state index in [1.54, 1.807) is 23.0 Å². The van der Waals surface area contributed by atoms with Crippen LogP contribution in [0.2, 0.25) is 0 Å². The number of nitrogens with one attached hydrogen (secondary N) is 1. The van der Waals surface area contributed by atoms with Crippen LogP contribution in [0.1, 0.15) is 18.5 Å². The van der Waals surface area contributed by atoms with Gasteiger partial charge < -0.3 is 15.5 Å². The summed E-state index contributed by atoms with van der Waals surface area (Å²) in [5.41, 5.74) is 1.70. The minimum absolute atomic E-state index is 0.0304. The molecule has 2 aromatic rings. The van der Waals surface area contributed by atoms with E-state index in [1.165, 1.54) is 6.07 Å². The molecule has 90 valence electrons. The number of phenols is 2. The van der Waals surface area contributed by atoms with Crippen LogP contribution in [0, 0.1) is 0 Å². The average Bonchev–Trinajstić information content (AvgIpc) is 2.62. The predicted molar refractivity (Wildman–Crippen MR) is 65.0 cm³/mol. The van der Waals surface area contributed by atoms with Gasteiger partial charge in [0, 0.05) is 25.4 Å². The van der Waals surface area contributed by atoms with Crippen LogP contribution in [0.3, 0.4) is 0 Å². The fraction of sp³-hybridized carbons (Fsp3) is 0.250. The van der Waals surface area contributed by atoms with Crippen molar-refractivity contribution in [2.45, 2.75) is 13.0 Å². The molecule has 5 nitrogen and oxygen atoms in total. The molecule has 1 aromatic carbocycles. The SMILES string of the molecule is CC(Nc1cnn(C)c1)c1cc(O)cc(O)c1. The van der Waals surface area contributed by atoms with Crippen molar-refractivity contribution in [3.8, 4) is 11.5 Å². The first-order valence-corrected chi connectivity index (χ1v) is 5.32. The quantitative estimate of drug-likeness (QED) is 0.758. The summed E-state index contributed by atoms with van der Waals surface area (Å²) in [6.45, 7) is 1.95. The Hall–Kier alpha value is -2.17. The van der Waals surface area contributed by atoms with Gasteiger partial charge >= 0.3 is 0 Å². The van der Waals surface area contributed by atoms with E-state index in [2.05, 4.69) is 10.4 Å². The summed E-state index contributed by atoms with van der Waals surface area (Å²) in [4.78, 5) is 0. The van der Waals surface area contributed by atoms with E-state index in [0.717, 1.165) is 11.3 Å². The molecule has 1 unspecified atom stereocenters. The van der Waals surface area contributed by atoms with E-state index in [0.29, 0.717) is 0 Å². The van der Waals surface area contributed by atoms with E-state index < -0.39 is 0 Å². The number of rotatable bonds is 3.